The van der Waals surface area contributed by atoms with Crippen LogP contribution in [0.5, 0.6) is 0 Å². The third-order valence-corrected chi connectivity index (χ3v) is 4.88. The number of carbonyl (C=O) groups excluding carboxylic acids is 1. The monoisotopic (exact) mass is 422 g/mol. The van der Waals surface area contributed by atoms with E-state index in [0.717, 1.165) is 28.7 Å². The molecule has 0 aliphatic carbocycles. The Kier molecular flexibility index (Phi) is 8.19. The first-order chi connectivity index (χ1) is 13.9. The Hall–Kier alpha value is -2.89. The van der Waals surface area contributed by atoms with Gasteiger partial charge in [0.15, 0.2) is 5.00 Å². The standard InChI is InChI=1S/C18H22N4O6S/c1-3-28-18(25)14-11-16(22(26)27)29-17(14)20-19-15-5-4-13(10-12(15)2)21(6-8-23)7-9-24/h4-5,10-11,23-24H,3,6-9H2,1-2H3. The first kappa shape index (κ1) is 22.4. The maximum absolute atomic E-state index is 12.0. The lowest BCUT2D eigenvalue weighted by molar-refractivity contribution is -0.380. The van der Waals surface area contributed by atoms with Gasteiger partial charge in [0.2, 0.25) is 0 Å². The van der Waals surface area contributed by atoms with Crippen LogP contribution in [0, 0.1) is 17.0 Å². The Bertz CT molecular complexity index is 892. The molecule has 0 spiro atoms. The highest BCUT2D eigenvalue weighted by Gasteiger charge is 2.23. The molecule has 10 nitrogen and oxygen atoms in total. The number of carbonyl (C=O) groups is 1. The number of ether oxygens (including phenoxy) is 1. The van der Waals surface area contributed by atoms with Crippen molar-refractivity contribution in [2.75, 3.05) is 37.8 Å². The summed E-state index contributed by atoms with van der Waals surface area (Å²) >= 11 is 0.744. The molecule has 1 aromatic carbocycles. The van der Waals surface area contributed by atoms with Gasteiger partial charge in [-0.1, -0.05) is 0 Å². The number of nitro groups is 1. The Morgan fingerprint density at radius 3 is 2.48 bits per heavy atom. The van der Waals surface area contributed by atoms with Crippen molar-refractivity contribution in [2.24, 2.45) is 10.2 Å². The number of aliphatic hydroxyl groups is 2. The highest BCUT2D eigenvalue weighted by molar-refractivity contribution is 7.19. The summed E-state index contributed by atoms with van der Waals surface area (Å²) in [5.41, 5.74) is 2.10. The van der Waals surface area contributed by atoms with Crippen molar-refractivity contribution in [3.05, 3.63) is 45.5 Å². The molecule has 0 bridgehead atoms. The third-order valence-electron chi connectivity index (χ3n) is 3.91. The molecule has 0 saturated heterocycles. The highest BCUT2D eigenvalue weighted by Crippen LogP contribution is 2.38. The maximum Gasteiger partial charge on any atom is 0.341 e. The number of rotatable bonds is 10. The molecule has 0 aliphatic heterocycles. The Balaban J connectivity index is 2.31. The fraction of sp³-hybridized carbons (Fsp3) is 0.389. The van der Waals surface area contributed by atoms with E-state index in [4.69, 9.17) is 14.9 Å². The van der Waals surface area contributed by atoms with Gasteiger partial charge < -0.3 is 19.8 Å². The lowest BCUT2D eigenvalue weighted by atomic mass is 10.1. The molecule has 2 N–H and O–H groups in total. The molecule has 1 heterocycles. The van der Waals surface area contributed by atoms with Crippen LogP contribution in [0.2, 0.25) is 0 Å². The van der Waals surface area contributed by atoms with Crippen molar-refractivity contribution in [2.45, 2.75) is 13.8 Å². The molecule has 0 amide bonds. The number of aliphatic hydroxyl groups excluding tert-OH is 2. The molecule has 11 heteroatoms. The van der Waals surface area contributed by atoms with Crippen LogP contribution in [-0.2, 0) is 4.74 Å². The van der Waals surface area contributed by atoms with E-state index in [2.05, 4.69) is 10.2 Å². The molecular formula is C18H22N4O6S. The van der Waals surface area contributed by atoms with Crippen molar-refractivity contribution in [1.29, 1.82) is 0 Å². The second-order valence-corrected chi connectivity index (χ2v) is 6.90. The number of nitrogens with zero attached hydrogens (tertiary/aromatic N) is 4. The van der Waals surface area contributed by atoms with E-state index in [1.807, 2.05) is 17.9 Å². The number of aryl methyl sites for hydroxylation is 1. The van der Waals surface area contributed by atoms with Crippen molar-refractivity contribution in [1.82, 2.24) is 0 Å². The van der Waals surface area contributed by atoms with Gasteiger partial charge in [-0.3, -0.25) is 10.1 Å². The summed E-state index contributed by atoms with van der Waals surface area (Å²) < 4.78 is 4.92. The summed E-state index contributed by atoms with van der Waals surface area (Å²) in [6.07, 6.45) is 0. The van der Waals surface area contributed by atoms with E-state index >= 15 is 0 Å². The van der Waals surface area contributed by atoms with Crippen LogP contribution in [0.1, 0.15) is 22.8 Å². The Labute approximate surface area is 171 Å². The second-order valence-electron chi connectivity index (χ2n) is 5.89. The largest absolute Gasteiger partial charge is 0.462 e. The summed E-state index contributed by atoms with van der Waals surface area (Å²) in [5, 5.41) is 37.4. The summed E-state index contributed by atoms with van der Waals surface area (Å²) in [6.45, 7) is 4.25. The predicted molar refractivity (Wildman–Crippen MR) is 109 cm³/mol. The molecule has 0 fully saturated rings. The normalized spacial score (nSPS) is 11.0. The zero-order chi connectivity index (χ0) is 21.4. The molecule has 29 heavy (non-hydrogen) atoms. The zero-order valence-electron chi connectivity index (χ0n) is 16.1. The lowest BCUT2D eigenvalue weighted by Crippen LogP contribution is -2.29. The molecule has 156 valence electrons. The third kappa shape index (κ3) is 5.79. The number of hydrogen-bond donors (Lipinski definition) is 2. The van der Waals surface area contributed by atoms with Gasteiger partial charge in [0.25, 0.3) is 0 Å². The Morgan fingerprint density at radius 1 is 1.24 bits per heavy atom. The number of anilines is 1. The maximum atomic E-state index is 12.0. The van der Waals surface area contributed by atoms with Gasteiger partial charge in [-0.15, -0.1) is 10.2 Å². The minimum absolute atomic E-state index is 0.00126. The fourth-order valence-electron chi connectivity index (χ4n) is 2.55. The summed E-state index contributed by atoms with van der Waals surface area (Å²) in [6, 6.07) is 6.45. The van der Waals surface area contributed by atoms with Crippen LogP contribution in [0.3, 0.4) is 0 Å². The first-order valence-corrected chi connectivity index (χ1v) is 9.67. The average Bonchev–Trinajstić information content (AvgIpc) is 3.12. The topological polar surface area (TPSA) is 138 Å². The van der Waals surface area contributed by atoms with E-state index in [9.17, 15) is 14.9 Å². The molecule has 0 atom stereocenters. The number of benzene rings is 1. The quantitative estimate of drug-likeness (QED) is 0.259. The van der Waals surface area contributed by atoms with Crippen LogP contribution in [-0.4, -0.2) is 54.0 Å². The van der Waals surface area contributed by atoms with Crippen molar-refractivity contribution in [3.63, 3.8) is 0 Å². The first-order valence-electron chi connectivity index (χ1n) is 8.85. The van der Waals surface area contributed by atoms with Gasteiger partial charge >= 0.3 is 11.0 Å². The molecule has 0 radical (unpaired) electrons. The molecule has 1 aromatic heterocycles. The molecule has 0 aliphatic rings. The van der Waals surface area contributed by atoms with Crippen molar-refractivity contribution >= 4 is 38.7 Å². The van der Waals surface area contributed by atoms with E-state index < -0.39 is 10.9 Å². The van der Waals surface area contributed by atoms with Crippen molar-refractivity contribution < 1.29 is 24.7 Å². The molecular weight excluding hydrogens is 400 g/mol. The van der Waals surface area contributed by atoms with Crippen LogP contribution in [0.4, 0.5) is 21.4 Å². The van der Waals surface area contributed by atoms with E-state index in [-0.39, 0.29) is 35.4 Å². The number of thiophene rings is 1. The van der Waals surface area contributed by atoms with Gasteiger partial charge in [0.1, 0.15) is 5.56 Å². The zero-order valence-corrected chi connectivity index (χ0v) is 16.9. The van der Waals surface area contributed by atoms with E-state index in [0.29, 0.717) is 18.8 Å². The number of esters is 1. The Morgan fingerprint density at radius 2 is 1.93 bits per heavy atom. The molecule has 2 rings (SSSR count). The summed E-state index contributed by atoms with van der Waals surface area (Å²) in [7, 11) is 0. The molecule has 0 saturated carbocycles. The van der Waals surface area contributed by atoms with Gasteiger partial charge in [-0.25, -0.2) is 4.79 Å². The highest BCUT2D eigenvalue weighted by atomic mass is 32.1. The number of hydrogen-bond acceptors (Lipinski definition) is 10. The predicted octanol–water partition coefficient (Wildman–Crippen LogP) is 3.35. The van der Waals surface area contributed by atoms with Gasteiger partial charge in [0, 0.05) is 24.8 Å². The summed E-state index contributed by atoms with van der Waals surface area (Å²) in [4.78, 5) is 24.3. The minimum atomic E-state index is -0.693. The minimum Gasteiger partial charge on any atom is -0.462 e. The number of azo groups is 1. The molecule has 2 aromatic rings. The van der Waals surface area contributed by atoms with Crippen LogP contribution in [0.25, 0.3) is 0 Å². The van der Waals surface area contributed by atoms with Gasteiger partial charge in [0.05, 0.1) is 30.4 Å². The van der Waals surface area contributed by atoms with Crippen LogP contribution in [0.15, 0.2) is 34.5 Å². The lowest BCUT2D eigenvalue weighted by Gasteiger charge is -2.23. The molecule has 0 unspecified atom stereocenters. The van der Waals surface area contributed by atoms with Crippen LogP contribution < -0.4 is 4.90 Å². The van der Waals surface area contributed by atoms with Crippen molar-refractivity contribution in [3.8, 4) is 0 Å². The van der Waals surface area contributed by atoms with Gasteiger partial charge in [-0.05, 0) is 48.9 Å². The van der Waals surface area contributed by atoms with E-state index in [1.54, 1.807) is 19.1 Å². The average molecular weight is 422 g/mol. The van der Waals surface area contributed by atoms with Gasteiger partial charge in [-0.2, -0.15) is 0 Å². The summed E-state index contributed by atoms with van der Waals surface area (Å²) in [5.74, 6) is -0.693. The van der Waals surface area contributed by atoms with E-state index in [1.165, 1.54) is 0 Å². The fourth-order valence-corrected chi connectivity index (χ4v) is 3.33. The van der Waals surface area contributed by atoms with Crippen LogP contribution >= 0.6 is 11.3 Å². The second kappa shape index (κ2) is 10.6. The SMILES string of the molecule is CCOC(=O)c1cc([N+](=O)[O-])sc1N=Nc1ccc(N(CCO)CCO)cc1C. The smallest absolute Gasteiger partial charge is 0.341 e.